The van der Waals surface area contributed by atoms with Crippen LogP contribution < -0.4 is 5.73 Å². The zero-order valence-corrected chi connectivity index (χ0v) is 11.2. The van der Waals surface area contributed by atoms with Crippen LogP contribution in [0.2, 0.25) is 0 Å². The number of hydrogen-bond acceptors (Lipinski definition) is 5. The number of thioether (sulfide) groups is 1. The van der Waals surface area contributed by atoms with Crippen LogP contribution >= 0.6 is 11.8 Å². The van der Waals surface area contributed by atoms with Crippen molar-refractivity contribution in [2.75, 3.05) is 5.73 Å². The Morgan fingerprint density at radius 2 is 2.17 bits per heavy atom. The van der Waals surface area contributed by atoms with Crippen LogP contribution in [0.3, 0.4) is 0 Å². The van der Waals surface area contributed by atoms with Gasteiger partial charge in [-0.3, -0.25) is 0 Å². The predicted octanol–water partition coefficient (Wildman–Crippen LogP) is 2.35. The average Bonchev–Trinajstić information content (AvgIpc) is 2.83. The Labute approximate surface area is 111 Å². The maximum absolute atomic E-state index is 5.90. The molecule has 6 heteroatoms. The Kier molecular flexibility index (Phi) is 4.58. The van der Waals surface area contributed by atoms with Crippen molar-refractivity contribution in [1.29, 1.82) is 0 Å². The highest BCUT2D eigenvalue weighted by Crippen LogP contribution is 2.26. The van der Waals surface area contributed by atoms with Gasteiger partial charge in [0.05, 0.1) is 5.75 Å². The highest BCUT2D eigenvalue weighted by atomic mass is 32.2. The van der Waals surface area contributed by atoms with Gasteiger partial charge in [0, 0.05) is 17.1 Å². The van der Waals surface area contributed by atoms with Crippen LogP contribution in [0.5, 0.6) is 0 Å². The number of hydrogen-bond donors (Lipinski definition) is 1. The molecule has 0 fully saturated rings. The van der Waals surface area contributed by atoms with Crippen molar-refractivity contribution in [2.45, 2.75) is 37.0 Å². The lowest BCUT2D eigenvalue weighted by Gasteiger charge is -2.05. The van der Waals surface area contributed by atoms with E-state index in [0.29, 0.717) is 0 Å². The van der Waals surface area contributed by atoms with Crippen molar-refractivity contribution >= 4 is 17.4 Å². The van der Waals surface area contributed by atoms with Gasteiger partial charge in [0.25, 0.3) is 0 Å². The fraction of sp³-hybridized carbons (Fsp3) is 0.417. The van der Waals surface area contributed by atoms with E-state index in [4.69, 9.17) is 5.73 Å². The summed E-state index contributed by atoms with van der Waals surface area (Å²) in [5, 5.41) is 11.8. The van der Waals surface area contributed by atoms with Gasteiger partial charge in [-0.1, -0.05) is 25.5 Å². The second kappa shape index (κ2) is 6.39. The number of benzene rings is 1. The first-order chi connectivity index (χ1) is 8.81. The molecule has 2 N–H and O–H groups in total. The molecule has 0 atom stereocenters. The molecule has 5 nitrogen and oxygen atoms in total. The van der Waals surface area contributed by atoms with Crippen molar-refractivity contribution in [2.24, 2.45) is 0 Å². The molecule has 0 spiro atoms. The Bertz CT molecular complexity index is 497. The Morgan fingerprint density at radius 3 is 2.94 bits per heavy atom. The smallest absolute Gasteiger partial charge is 0.161 e. The minimum atomic E-state index is 0.741. The van der Waals surface area contributed by atoms with E-state index in [0.717, 1.165) is 41.5 Å². The average molecular weight is 263 g/mol. The minimum Gasteiger partial charge on any atom is -0.398 e. The Morgan fingerprint density at radius 1 is 1.33 bits per heavy atom. The standard InChI is InChI=1S/C12H17N5S/c1-2-3-8-17-12(14-15-16-17)9-18-11-7-5-4-6-10(11)13/h4-7H,2-3,8-9,13H2,1H3. The van der Waals surface area contributed by atoms with Crippen LogP contribution in [0.4, 0.5) is 5.69 Å². The number of aromatic nitrogens is 4. The summed E-state index contributed by atoms with van der Waals surface area (Å²) in [6, 6.07) is 7.84. The maximum Gasteiger partial charge on any atom is 0.161 e. The monoisotopic (exact) mass is 263 g/mol. The van der Waals surface area contributed by atoms with E-state index in [1.165, 1.54) is 0 Å². The van der Waals surface area contributed by atoms with E-state index >= 15 is 0 Å². The molecule has 0 bridgehead atoms. The van der Waals surface area contributed by atoms with Crippen LogP contribution in [-0.2, 0) is 12.3 Å². The molecule has 0 aliphatic rings. The fourth-order valence-corrected chi connectivity index (χ4v) is 2.46. The molecule has 2 aromatic rings. The van der Waals surface area contributed by atoms with Crippen LogP contribution in [0.25, 0.3) is 0 Å². The molecule has 0 aliphatic heterocycles. The number of nitrogens with zero attached hydrogens (tertiary/aromatic N) is 4. The van der Waals surface area contributed by atoms with Gasteiger partial charge in [-0.25, -0.2) is 4.68 Å². The van der Waals surface area contributed by atoms with Crippen molar-refractivity contribution < 1.29 is 0 Å². The third kappa shape index (κ3) is 3.22. The van der Waals surface area contributed by atoms with Crippen molar-refractivity contribution in [3.05, 3.63) is 30.1 Å². The van der Waals surface area contributed by atoms with Gasteiger partial charge in [0.15, 0.2) is 5.82 Å². The normalized spacial score (nSPS) is 10.7. The van der Waals surface area contributed by atoms with Crippen LogP contribution in [0.15, 0.2) is 29.2 Å². The molecule has 18 heavy (non-hydrogen) atoms. The second-order valence-electron chi connectivity index (χ2n) is 4.00. The van der Waals surface area contributed by atoms with Crippen molar-refractivity contribution in [3.8, 4) is 0 Å². The third-order valence-electron chi connectivity index (χ3n) is 2.61. The van der Waals surface area contributed by atoms with Gasteiger partial charge in [0.2, 0.25) is 0 Å². The Balaban J connectivity index is 1.98. The summed E-state index contributed by atoms with van der Waals surface area (Å²) in [7, 11) is 0. The molecular formula is C12H17N5S. The molecule has 96 valence electrons. The van der Waals surface area contributed by atoms with Crippen LogP contribution in [0.1, 0.15) is 25.6 Å². The molecule has 1 aromatic heterocycles. The summed E-state index contributed by atoms with van der Waals surface area (Å²) in [5.74, 6) is 1.64. The highest BCUT2D eigenvalue weighted by molar-refractivity contribution is 7.98. The number of unbranched alkanes of at least 4 members (excludes halogenated alkanes) is 1. The van der Waals surface area contributed by atoms with Crippen LogP contribution in [-0.4, -0.2) is 20.2 Å². The van der Waals surface area contributed by atoms with E-state index in [9.17, 15) is 0 Å². The quantitative estimate of drug-likeness (QED) is 0.640. The summed E-state index contributed by atoms with van der Waals surface area (Å²) >= 11 is 1.66. The van der Waals surface area contributed by atoms with E-state index in [2.05, 4.69) is 22.4 Å². The molecule has 0 unspecified atom stereocenters. The molecule has 0 saturated carbocycles. The molecule has 0 amide bonds. The predicted molar refractivity (Wildman–Crippen MR) is 73.1 cm³/mol. The molecule has 0 radical (unpaired) electrons. The van der Waals surface area contributed by atoms with Gasteiger partial charge in [-0.2, -0.15) is 0 Å². The number of rotatable bonds is 6. The summed E-state index contributed by atoms with van der Waals surface area (Å²) in [6.45, 7) is 3.03. The second-order valence-corrected chi connectivity index (χ2v) is 5.02. The molecule has 1 heterocycles. The SMILES string of the molecule is CCCCn1nnnc1CSc1ccccc1N. The molecular weight excluding hydrogens is 246 g/mol. The van der Waals surface area contributed by atoms with E-state index in [1.54, 1.807) is 11.8 Å². The van der Waals surface area contributed by atoms with E-state index in [1.807, 2.05) is 28.9 Å². The summed E-state index contributed by atoms with van der Waals surface area (Å²) in [5.41, 5.74) is 6.70. The molecule has 0 aliphatic carbocycles. The van der Waals surface area contributed by atoms with E-state index < -0.39 is 0 Å². The lowest BCUT2D eigenvalue weighted by molar-refractivity contribution is 0.540. The molecule has 2 rings (SSSR count). The van der Waals surface area contributed by atoms with Crippen molar-refractivity contribution in [1.82, 2.24) is 20.2 Å². The third-order valence-corrected chi connectivity index (χ3v) is 3.69. The lowest BCUT2D eigenvalue weighted by Crippen LogP contribution is -2.05. The first kappa shape index (κ1) is 12.9. The van der Waals surface area contributed by atoms with E-state index in [-0.39, 0.29) is 0 Å². The maximum atomic E-state index is 5.90. The number of para-hydroxylation sites is 1. The van der Waals surface area contributed by atoms with Crippen molar-refractivity contribution in [3.63, 3.8) is 0 Å². The van der Waals surface area contributed by atoms with Gasteiger partial charge in [0.1, 0.15) is 0 Å². The first-order valence-electron chi connectivity index (χ1n) is 6.03. The van der Waals surface area contributed by atoms with Gasteiger partial charge in [-0.15, -0.1) is 16.9 Å². The number of anilines is 1. The number of tetrazole rings is 1. The zero-order valence-electron chi connectivity index (χ0n) is 10.4. The summed E-state index contributed by atoms with van der Waals surface area (Å²) in [6.07, 6.45) is 2.23. The lowest BCUT2D eigenvalue weighted by atomic mass is 10.3. The highest BCUT2D eigenvalue weighted by Gasteiger charge is 2.07. The summed E-state index contributed by atoms with van der Waals surface area (Å²) in [4.78, 5) is 1.07. The van der Waals surface area contributed by atoms with Gasteiger partial charge >= 0.3 is 0 Å². The first-order valence-corrected chi connectivity index (χ1v) is 7.02. The zero-order chi connectivity index (χ0) is 12.8. The topological polar surface area (TPSA) is 69.6 Å². The minimum absolute atomic E-state index is 0.741. The fourth-order valence-electron chi connectivity index (χ4n) is 1.56. The molecule has 1 aromatic carbocycles. The van der Waals surface area contributed by atoms with Crippen LogP contribution in [0, 0.1) is 0 Å². The largest absolute Gasteiger partial charge is 0.398 e. The summed E-state index contributed by atoms with van der Waals surface area (Å²) < 4.78 is 1.87. The van der Waals surface area contributed by atoms with Gasteiger partial charge < -0.3 is 5.73 Å². The number of nitrogens with two attached hydrogens (primary N) is 1. The molecule has 0 saturated heterocycles. The number of aryl methyl sites for hydroxylation is 1. The number of nitrogen functional groups attached to an aromatic ring is 1. The Hall–Kier alpha value is -1.56. The van der Waals surface area contributed by atoms with Gasteiger partial charge in [-0.05, 0) is 29.0 Å².